The molecule has 0 aliphatic heterocycles. The van der Waals surface area contributed by atoms with Crippen molar-refractivity contribution in [1.82, 2.24) is 10.6 Å². The van der Waals surface area contributed by atoms with Crippen LogP contribution >= 0.6 is 0 Å². The number of hydrogen-bond acceptors (Lipinski definition) is 3. The molecule has 2 atom stereocenters. The summed E-state index contributed by atoms with van der Waals surface area (Å²) in [5.74, 6) is 0.798. The molecule has 0 aromatic heterocycles. The number of carbonyl (C=O) groups is 1. The van der Waals surface area contributed by atoms with Crippen LogP contribution in [0.4, 0.5) is 4.79 Å². The Balaban J connectivity index is 2.71. The number of rotatable bonds is 8. The maximum Gasteiger partial charge on any atom is 0.315 e. The maximum atomic E-state index is 11.9. The molecule has 0 radical (unpaired) electrons. The van der Waals surface area contributed by atoms with Crippen molar-refractivity contribution in [3.8, 4) is 5.75 Å². The minimum atomic E-state index is -0.257. The van der Waals surface area contributed by atoms with Gasteiger partial charge in [0.1, 0.15) is 5.75 Å². The lowest BCUT2D eigenvalue weighted by Crippen LogP contribution is -2.43. The van der Waals surface area contributed by atoms with Crippen molar-refractivity contribution in [3.63, 3.8) is 0 Å². The quantitative estimate of drug-likeness (QED) is 0.690. The number of aliphatic hydroxyl groups excluding tert-OH is 1. The minimum Gasteiger partial charge on any atom is -0.497 e. The van der Waals surface area contributed by atoms with Gasteiger partial charge in [0, 0.05) is 0 Å². The van der Waals surface area contributed by atoms with Crippen molar-refractivity contribution >= 4 is 6.03 Å². The van der Waals surface area contributed by atoms with Gasteiger partial charge in [-0.15, -0.1) is 0 Å². The van der Waals surface area contributed by atoms with Crippen molar-refractivity contribution < 1.29 is 14.6 Å². The fraction of sp³-hybridized carbons (Fsp3) is 0.562. The molecule has 2 unspecified atom stereocenters. The smallest absolute Gasteiger partial charge is 0.315 e. The highest BCUT2D eigenvalue weighted by molar-refractivity contribution is 5.74. The monoisotopic (exact) mass is 294 g/mol. The van der Waals surface area contributed by atoms with Gasteiger partial charge in [-0.3, -0.25) is 0 Å². The Morgan fingerprint density at radius 1 is 1.29 bits per heavy atom. The van der Waals surface area contributed by atoms with Gasteiger partial charge in [0.25, 0.3) is 0 Å². The van der Waals surface area contributed by atoms with Gasteiger partial charge in [-0.05, 0) is 31.0 Å². The summed E-state index contributed by atoms with van der Waals surface area (Å²) in [5.41, 5.74) is 1.05. The van der Waals surface area contributed by atoms with E-state index in [9.17, 15) is 4.79 Å². The van der Waals surface area contributed by atoms with Gasteiger partial charge in [-0.1, -0.05) is 31.9 Å². The first kappa shape index (κ1) is 17.3. The van der Waals surface area contributed by atoms with Gasteiger partial charge >= 0.3 is 6.03 Å². The number of nitrogens with one attached hydrogen (secondary N) is 2. The molecule has 5 heteroatoms. The molecule has 0 saturated heterocycles. The van der Waals surface area contributed by atoms with Crippen LogP contribution in [0.1, 0.15) is 44.7 Å². The van der Waals surface area contributed by atoms with E-state index in [0.717, 1.165) is 30.6 Å². The second kappa shape index (κ2) is 9.23. The number of carbonyl (C=O) groups excluding carboxylic acids is 1. The molecule has 118 valence electrons. The highest BCUT2D eigenvalue weighted by Crippen LogP contribution is 2.22. The molecule has 21 heavy (non-hydrogen) atoms. The Morgan fingerprint density at radius 3 is 2.48 bits per heavy atom. The van der Waals surface area contributed by atoms with E-state index in [1.54, 1.807) is 14.0 Å². The van der Waals surface area contributed by atoms with Crippen molar-refractivity contribution in [1.29, 1.82) is 0 Å². The van der Waals surface area contributed by atoms with Crippen LogP contribution in [0, 0.1) is 0 Å². The Bertz CT molecular complexity index is 420. The van der Waals surface area contributed by atoms with Crippen LogP contribution in [0.25, 0.3) is 0 Å². The van der Waals surface area contributed by atoms with Gasteiger partial charge in [-0.2, -0.15) is 0 Å². The van der Waals surface area contributed by atoms with E-state index in [1.807, 2.05) is 24.3 Å². The lowest BCUT2D eigenvalue weighted by Gasteiger charge is -2.21. The van der Waals surface area contributed by atoms with Crippen LogP contribution in [0.2, 0.25) is 0 Å². The van der Waals surface area contributed by atoms with E-state index in [-0.39, 0.29) is 24.7 Å². The molecule has 0 bridgehead atoms. The molecule has 1 aromatic rings. The Labute approximate surface area is 126 Å². The molecule has 0 spiro atoms. The van der Waals surface area contributed by atoms with E-state index in [2.05, 4.69) is 17.6 Å². The highest BCUT2D eigenvalue weighted by Gasteiger charge is 2.15. The third-order valence-corrected chi connectivity index (χ3v) is 3.32. The van der Waals surface area contributed by atoms with Crippen LogP contribution in [0.3, 0.4) is 0 Å². The van der Waals surface area contributed by atoms with Crippen LogP contribution in [-0.4, -0.2) is 30.9 Å². The predicted molar refractivity (Wildman–Crippen MR) is 83.5 cm³/mol. The standard InChI is InChI=1S/C16H26N2O3/c1-4-5-6-15(18-16(20)17-12(2)11-19)13-7-9-14(21-3)10-8-13/h7-10,12,15,19H,4-6,11H2,1-3H3,(H2,17,18,20). The molecule has 0 saturated carbocycles. The zero-order valence-electron chi connectivity index (χ0n) is 13.1. The van der Waals surface area contributed by atoms with Crippen molar-refractivity contribution in [2.24, 2.45) is 0 Å². The average molecular weight is 294 g/mol. The maximum absolute atomic E-state index is 11.9. The fourth-order valence-corrected chi connectivity index (χ4v) is 2.04. The van der Waals surface area contributed by atoms with Gasteiger partial charge in [0.2, 0.25) is 0 Å². The van der Waals surface area contributed by atoms with Crippen molar-refractivity contribution in [2.45, 2.75) is 45.2 Å². The zero-order valence-corrected chi connectivity index (χ0v) is 13.1. The number of urea groups is 1. The number of aliphatic hydroxyl groups is 1. The summed E-state index contributed by atoms with van der Waals surface area (Å²) in [5, 5.41) is 14.7. The molecular weight excluding hydrogens is 268 g/mol. The highest BCUT2D eigenvalue weighted by atomic mass is 16.5. The zero-order chi connectivity index (χ0) is 15.7. The van der Waals surface area contributed by atoms with Crippen molar-refractivity contribution in [3.05, 3.63) is 29.8 Å². The SMILES string of the molecule is CCCCC(NC(=O)NC(C)CO)c1ccc(OC)cc1. The topological polar surface area (TPSA) is 70.6 Å². The van der Waals surface area contributed by atoms with Crippen molar-refractivity contribution in [2.75, 3.05) is 13.7 Å². The van der Waals surface area contributed by atoms with Gasteiger partial charge in [0.05, 0.1) is 25.8 Å². The molecule has 0 aliphatic carbocycles. The van der Waals surface area contributed by atoms with Gasteiger partial charge < -0.3 is 20.5 Å². The summed E-state index contributed by atoms with van der Waals surface area (Å²) in [4.78, 5) is 11.9. The lowest BCUT2D eigenvalue weighted by atomic mass is 10.0. The molecule has 2 amide bonds. The number of hydrogen-bond donors (Lipinski definition) is 3. The average Bonchev–Trinajstić information content (AvgIpc) is 2.51. The molecule has 0 fully saturated rings. The first-order valence-electron chi connectivity index (χ1n) is 7.42. The molecule has 0 aliphatic rings. The third kappa shape index (κ3) is 6.04. The van der Waals surface area contributed by atoms with E-state index in [4.69, 9.17) is 9.84 Å². The molecule has 1 aromatic carbocycles. The second-order valence-electron chi connectivity index (χ2n) is 5.17. The number of unbranched alkanes of at least 4 members (excludes halogenated alkanes) is 1. The third-order valence-electron chi connectivity index (χ3n) is 3.32. The normalized spacial score (nSPS) is 13.3. The second-order valence-corrected chi connectivity index (χ2v) is 5.17. The number of methoxy groups -OCH3 is 1. The summed E-state index contributed by atoms with van der Waals surface area (Å²) in [7, 11) is 1.63. The fourth-order valence-electron chi connectivity index (χ4n) is 2.04. The minimum absolute atomic E-state index is 0.0400. The van der Waals surface area contributed by atoms with E-state index in [1.165, 1.54) is 0 Å². The lowest BCUT2D eigenvalue weighted by molar-refractivity contribution is 0.217. The van der Waals surface area contributed by atoms with Crippen LogP contribution in [0.5, 0.6) is 5.75 Å². The van der Waals surface area contributed by atoms with Crippen LogP contribution < -0.4 is 15.4 Å². The summed E-state index contributed by atoms with van der Waals surface area (Å²) in [6.45, 7) is 3.81. The summed E-state index contributed by atoms with van der Waals surface area (Å²) < 4.78 is 5.15. The number of ether oxygens (including phenoxy) is 1. The number of benzene rings is 1. The van der Waals surface area contributed by atoms with Crippen LogP contribution in [-0.2, 0) is 0 Å². The van der Waals surface area contributed by atoms with Crippen LogP contribution in [0.15, 0.2) is 24.3 Å². The Hall–Kier alpha value is -1.75. The molecule has 1 rings (SSSR count). The Kier molecular flexibility index (Phi) is 7.61. The Morgan fingerprint density at radius 2 is 1.95 bits per heavy atom. The largest absolute Gasteiger partial charge is 0.497 e. The summed E-state index contributed by atoms with van der Waals surface area (Å²) in [6, 6.07) is 7.17. The molecule has 3 N–H and O–H groups in total. The summed E-state index contributed by atoms with van der Waals surface area (Å²) in [6.07, 6.45) is 2.99. The molecule has 0 heterocycles. The van der Waals surface area contributed by atoms with E-state index < -0.39 is 0 Å². The summed E-state index contributed by atoms with van der Waals surface area (Å²) >= 11 is 0. The van der Waals surface area contributed by atoms with E-state index >= 15 is 0 Å². The first-order chi connectivity index (χ1) is 10.1. The van der Waals surface area contributed by atoms with Gasteiger partial charge in [-0.25, -0.2) is 4.79 Å². The first-order valence-corrected chi connectivity index (χ1v) is 7.42. The predicted octanol–water partition coefficient (Wildman–Crippen LogP) is 2.61. The van der Waals surface area contributed by atoms with E-state index in [0.29, 0.717) is 0 Å². The molecular formula is C16H26N2O3. The number of amides is 2. The van der Waals surface area contributed by atoms with Gasteiger partial charge in [0.15, 0.2) is 0 Å². The molecule has 5 nitrogen and oxygen atoms in total.